The van der Waals surface area contributed by atoms with Gasteiger partial charge in [-0.05, 0) is 26.8 Å². The van der Waals surface area contributed by atoms with Crippen LogP contribution in [0.5, 0.6) is 5.75 Å². The van der Waals surface area contributed by atoms with Gasteiger partial charge >= 0.3 is 5.97 Å². The lowest BCUT2D eigenvalue weighted by Crippen LogP contribution is -2.31. The van der Waals surface area contributed by atoms with Crippen molar-refractivity contribution in [2.75, 3.05) is 12.3 Å². The fourth-order valence-corrected chi connectivity index (χ4v) is 1.87. The van der Waals surface area contributed by atoms with Crippen LogP contribution in [0.1, 0.15) is 31.1 Å². The van der Waals surface area contributed by atoms with Gasteiger partial charge in [0.05, 0.1) is 10.7 Å². The maximum absolute atomic E-state index is 11.3. The molecule has 0 aromatic heterocycles. The zero-order valence-corrected chi connectivity index (χ0v) is 12.9. The van der Waals surface area contributed by atoms with Gasteiger partial charge < -0.3 is 20.3 Å². The van der Waals surface area contributed by atoms with E-state index in [-0.39, 0.29) is 28.1 Å². The average molecular weight is 312 g/mol. The van der Waals surface area contributed by atoms with Crippen molar-refractivity contribution in [1.29, 1.82) is 0 Å². The van der Waals surface area contributed by atoms with Crippen LogP contribution in [0.15, 0.2) is 12.1 Å². The van der Waals surface area contributed by atoms with Crippen molar-refractivity contribution in [2.24, 2.45) is 0 Å². The summed E-state index contributed by atoms with van der Waals surface area (Å²) in [6.07, 6.45) is -0.922. The highest BCUT2D eigenvalue weighted by Gasteiger charge is 2.21. The molecule has 0 aliphatic rings. The van der Waals surface area contributed by atoms with Crippen LogP contribution in [0.4, 0.5) is 5.69 Å². The van der Waals surface area contributed by atoms with E-state index in [9.17, 15) is 9.90 Å². The summed E-state index contributed by atoms with van der Waals surface area (Å²) in [6.45, 7) is 5.83. The van der Waals surface area contributed by atoms with Crippen LogP contribution in [-0.4, -0.2) is 29.9 Å². The molecule has 6 heteroatoms. The molecule has 0 amide bonds. The third kappa shape index (κ3) is 4.55. The van der Waals surface area contributed by atoms with Crippen LogP contribution in [0.25, 0.3) is 0 Å². The van der Waals surface area contributed by atoms with Crippen molar-refractivity contribution < 1.29 is 19.4 Å². The van der Waals surface area contributed by atoms with Crippen molar-refractivity contribution in [3.05, 3.63) is 22.7 Å². The molecule has 0 fully saturated rings. The summed E-state index contributed by atoms with van der Waals surface area (Å²) in [7, 11) is 0. The minimum atomic E-state index is -1.15. The normalized spacial score (nSPS) is 13.0. The lowest BCUT2D eigenvalue weighted by Gasteiger charge is -2.22. The Labute approximate surface area is 129 Å². The molecule has 21 heavy (non-hydrogen) atoms. The summed E-state index contributed by atoms with van der Waals surface area (Å²) in [5, 5.41) is 9.38. The molecule has 1 aromatic rings. The van der Waals surface area contributed by atoms with Crippen molar-refractivity contribution in [3.63, 3.8) is 0 Å². The topological polar surface area (TPSA) is 81.8 Å². The summed E-state index contributed by atoms with van der Waals surface area (Å²) in [4.78, 5) is 11.3. The number of ether oxygens (including phenoxy) is 2. The quantitative estimate of drug-likeness (QED) is 0.623. The second kappa shape index (κ2) is 7.77. The first-order chi connectivity index (χ1) is 9.90. The molecular formula is C15H18ClNO4. The van der Waals surface area contributed by atoms with Crippen molar-refractivity contribution in [3.8, 4) is 17.6 Å². The summed E-state index contributed by atoms with van der Waals surface area (Å²) in [5.74, 6) is 4.56. The molecule has 0 saturated carbocycles. The first-order valence-corrected chi connectivity index (χ1v) is 6.81. The number of nitrogens with two attached hydrogens (primary N) is 1. The zero-order valence-electron chi connectivity index (χ0n) is 12.1. The predicted octanol–water partition coefficient (Wildman–Crippen LogP) is 2.82. The first kappa shape index (κ1) is 17.2. The molecule has 0 aliphatic heterocycles. The van der Waals surface area contributed by atoms with E-state index in [1.165, 1.54) is 12.1 Å². The van der Waals surface area contributed by atoms with Gasteiger partial charge in [-0.25, -0.2) is 4.79 Å². The minimum Gasteiger partial charge on any atom is -0.478 e. The lowest BCUT2D eigenvalue weighted by molar-refractivity contribution is 0.0136. The lowest BCUT2D eigenvalue weighted by atomic mass is 10.1. The molecular weight excluding hydrogens is 294 g/mol. The maximum Gasteiger partial charge on any atom is 0.339 e. The number of benzene rings is 1. The Kier molecular flexibility index (Phi) is 6.35. The summed E-state index contributed by atoms with van der Waals surface area (Å²) in [5.41, 5.74) is 5.87. The highest BCUT2D eigenvalue weighted by molar-refractivity contribution is 6.33. The van der Waals surface area contributed by atoms with E-state index in [4.69, 9.17) is 26.8 Å². The van der Waals surface area contributed by atoms with Gasteiger partial charge in [-0.15, -0.1) is 5.92 Å². The molecule has 1 aromatic carbocycles. The second-order valence-corrected chi connectivity index (χ2v) is 4.68. The maximum atomic E-state index is 11.3. The summed E-state index contributed by atoms with van der Waals surface area (Å²) < 4.78 is 11.1. The number of aromatic carboxylic acids is 1. The predicted molar refractivity (Wildman–Crippen MR) is 81.8 cm³/mol. The highest BCUT2D eigenvalue weighted by atomic mass is 35.5. The Morgan fingerprint density at radius 3 is 2.71 bits per heavy atom. The Morgan fingerprint density at radius 1 is 1.52 bits per heavy atom. The van der Waals surface area contributed by atoms with E-state index in [1.807, 2.05) is 6.92 Å². The van der Waals surface area contributed by atoms with Gasteiger partial charge in [0.1, 0.15) is 17.4 Å². The number of halogens is 1. The van der Waals surface area contributed by atoms with Crippen molar-refractivity contribution >= 4 is 23.3 Å². The Balaban J connectivity index is 3.15. The number of carbonyl (C=O) groups is 1. The Hall–Kier alpha value is -1.90. The van der Waals surface area contributed by atoms with Crippen LogP contribution in [-0.2, 0) is 4.74 Å². The zero-order chi connectivity index (χ0) is 16.0. The molecule has 0 bridgehead atoms. The van der Waals surface area contributed by atoms with Crippen molar-refractivity contribution in [1.82, 2.24) is 0 Å². The van der Waals surface area contributed by atoms with Gasteiger partial charge in [-0.3, -0.25) is 0 Å². The number of anilines is 1. The Bertz CT molecular complexity index is 577. The third-order valence-corrected chi connectivity index (χ3v) is 3.05. The molecule has 5 nitrogen and oxygen atoms in total. The molecule has 0 spiro atoms. The molecule has 3 N–H and O–H groups in total. The number of carboxylic acids is 1. The molecule has 1 rings (SSSR count). The van der Waals surface area contributed by atoms with Gasteiger partial charge in [0.15, 0.2) is 6.10 Å². The van der Waals surface area contributed by atoms with Crippen LogP contribution < -0.4 is 10.5 Å². The van der Waals surface area contributed by atoms with E-state index in [2.05, 4.69) is 11.8 Å². The van der Waals surface area contributed by atoms with Crippen LogP contribution in [0, 0.1) is 11.8 Å². The SMILES string of the molecule is CC#CC(Oc1cc(N)c(Cl)cc1C(=O)O)C(C)OCC. The number of hydrogen-bond acceptors (Lipinski definition) is 4. The van der Waals surface area contributed by atoms with E-state index in [0.717, 1.165) is 0 Å². The standard InChI is InChI=1S/C15H18ClNO4/c1-4-6-13(9(3)20-5-2)21-14-8-12(17)11(16)7-10(14)15(18)19/h7-9,13H,5,17H2,1-3H3,(H,18,19). The van der Waals surface area contributed by atoms with E-state index in [0.29, 0.717) is 6.61 Å². The molecule has 2 unspecified atom stereocenters. The second-order valence-electron chi connectivity index (χ2n) is 4.27. The summed E-state index contributed by atoms with van der Waals surface area (Å²) in [6, 6.07) is 2.64. The highest BCUT2D eigenvalue weighted by Crippen LogP contribution is 2.30. The summed E-state index contributed by atoms with van der Waals surface area (Å²) >= 11 is 5.84. The number of rotatable bonds is 6. The third-order valence-electron chi connectivity index (χ3n) is 2.73. The first-order valence-electron chi connectivity index (χ1n) is 6.43. The van der Waals surface area contributed by atoms with Gasteiger partial charge in [0.2, 0.25) is 0 Å². The van der Waals surface area contributed by atoms with E-state index < -0.39 is 12.1 Å². The molecule has 2 atom stereocenters. The average Bonchev–Trinajstić information content (AvgIpc) is 2.42. The minimum absolute atomic E-state index is 0.0687. The number of carboxylic acid groups (broad SMARTS) is 1. The van der Waals surface area contributed by atoms with E-state index in [1.54, 1.807) is 13.8 Å². The van der Waals surface area contributed by atoms with Crippen LogP contribution >= 0.6 is 11.6 Å². The fraction of sp³-hybridized carbons (Fsp3) is 0.400. The molecule has 0 saturated heterocycles. The number of hydrogen-bond donors (Lipinski definition) is 2. The van der Waals surface area contributed by atoms with Crippen molar-refractivity contribution in [2.45, 2.75) is 33.0 Å². The van der Waals surface area contributed by atoms with Crippen LogP contribution in [0.3, 0.4) is 0 Å². The van der Waals surface area contributed by atoms with Gasteiger partial charge in [0.25, 0.3) is 0 Å². The monoisotopic (exact) mass is 311 g/mol. The molecule has 0 radical (unpaired) electrons. The smallest absolute Gasteiger partial charge is 0.339 e. The number of nitrogen functional groups attached to an aromatic ring is 1. The Morgan fingerprint density at radius 2 is 2.19 bits per heavy atom. The van der Waals surface area contributed by atoms with Crippen LogP contribution in [0.2, 0.25) is 5.02 Å². The molecule has 114 valence electrons. The fourth-order valence-electron chi connectivity index (χ4n) is 1.71. The largest absolute Gasteiger partial charge is 0.478 e. The van der Waals surface area contributed by atoms with E-state index >= 15 is 0 Å². The van der Waals surface area contributed by atoms with Gasteiger partial charge in [0, 0.05) is 12.7 Å². The molecule has 0 heterocycles. The molecule has 0 aliphatic carbocycles. The van der Waals surface area contributed by atoms with Gasteiger partial charge in [-0.1, -0.05) is 17.5 Å². The van der Waals surface area contributed by atoms with Gasteiger partial charge in [-0.2, -0.15) is 0 Å².